The van der Waals surface area contributed by atoms with Gasteiger partial charge in [0, 0.05) is 32.4 Å². The lowest BCUT2D eigenvalue weighted by Gasteiger charge is -2.33. The molecule has 1 aliphatic heterocycles. The first-order chi connectivity index (χ1) is 10.8. The smallest absolute Gasteiger partial charge is 0.254 e. The van der Waals surface area contributed by atoms with Crippen molar-refractivity contribution in [2.45, 2.75) is 46.3 Å². The third-order valence-electron chi connectivity index (χ3n) is 3.87. The Kier molecular flexibility index (Phi) is 5.81. The summed E-state index contributed by atoms with van der Waals surface area (Å²) < 4.78 is 7.57. The van der Waals surface area contributed by atoms with Crippen LogP contribution in [0.4, 0.5) is 0 Å². The molecular weight excluding hydrogens is 292 g/mol. The van der Waals surface area contributed by atoms with Gasteiger partial charge in [-0.1, -0.05) is 13.8 Å². The second kappa shape index (κ2) is 7.45. The lowest BCUT2D eigenvalue weighted by molar-refractivity contribution is -0.0295. The summed E-state index contributed by atoms with van der Waals surface area (Å²) in [4.78, 5) is 14.7. The third-order valence-corrected chi connectivity index (χ3v) is 3.87. The molecule has 1 unspecified atom stereocenters. The van der Waals surface area contributed by atoms with Gasteiger partial charge in [0.25, 0.3) is 5.91 Å². The van der Waals surface area contributed by atoms with Gasteiger partial charge in [-0.2, -0.15) is 5.10 Å². The van der Waals surface area contributed by atoms with E-state index >= 15 is 0 Å². The van der Waals surface area contributed by atoms with Gasteiger partial charge in [0.05, 0.1) is 30.0 Å². The van der Waals surface area contributed by atoms with Crippen molar-refractivity contribution in [3.05, 3.63) is 18.0 Å². The van der Waals surface area contributed by atoms with E-state index in [-0.39, 0.29) is 17.6 Å². The van der Waals surface area contributed by atoms with Crippen LogP contribution in [0.3, 0.4) is 0 Å². The van der Waals surface area contributed by atoms with Gasteiger partial charge in [0.1, 0.15) is 0 Å². The summed E-state index contributed by atoms with van der Waals surface area (Å²) in [6.07, 6.45) is 3.47. The Labute approximate surface area is 139 Å². The zero-order valence-corrected chi connectivity index (χ0v) is 15.0. The minimum atomic E-state index is -0.123. The number of morpholine rings is 1. The predicted molar refractivity (Wildman–Crippen MR) is 90.6 cm³/mol. The molecule has 1 saturated heterocycles. The van der Waals surface area contributed by atoms with E-state index in [1.165, 1.54) is 0 Å². The molecule has 1 aromatic heterocycles. The molecule has 130 valence electrons. The Bertz CT molecular complexity index is 519. The average molecular weight is 322 g/mol. The monoisotopic (exact) mass is 322 g/mol. The summed E-state index contributed by atoms with van der Waals surface area (Å²) in [6.45, 7) is 14.8. The Balaban J connectivity index is 1.83. The molecule has 1 aliphatic rings. The van der Waals surface area contributed by atoms with Crippen molar-refractivity contribution in [3.63, 3.8) is 0 Å². The van der Waals surface area contributed by atoms with E-state index in [1.807, 2.05) is 4.68 Å². The van der Waals surface area contributed by atoms with E-state index in [0.717, 1.165) is 26.2 Å². The van der Waals surface area contributed by atoms with E-state index in [9.17, 15) is 4.79 Å². The van der Waals surface area contributed by atoms with Gasteiger partial charge in [0.15, 0.2) is 0 Å². The van der Waals surface area contributed by atoms with Crippen LogP contribution >= 0.6 is 0 Å². The molecule has 0 bridgehead atoms. The van der Waals surface area contributed by atoms with Crippen molar-refractivity contribution < 1.29 is 9.53 Å². The number of nitrogens with zero attached hydrogens (tertiary/aromatic N) is 3. The van der Waals surface area contributed by atoms with Crippen molar-refractivity contribution in [3.8, 4) is 0 Å². The quantitative estimate of drug-likeness (QED) is 0.897. The van der Waals surface area contributed by atoms with E-state index in [0.29, 0.717) is 18.0 Å². The molecule has 1 N–H and O–H groups in total. The number of amides is 1. The van der Waals surface area contributed by atoms with Crippen molar-refractivity contribution in [2.24, 2.45) is 5.92 Å². The average Bonchev–Trinajstić information content (AvgIpc) is 2.94. The topological polar surface area (TPSA) is 59.4 Å². The number of aromatic nitrogens is 2. The summed E-state index contributed by atoms with van der Waals surface area (Å²) in [5.74, 6) is 0.552. The van der Waals surface area contributed by atoms with Gasteiger partial charge in [-0.05, 0) is 26.7 Å². The van der Waals surface area contributed by atoms with Crippen LogP contribution in [0.1, 0.15) is 45.0 Å². The van der Waals surface area contributed by atoms with Crippen LogP contribution in [0.2, 0.25) is 0 Å². The maximum absolute atomic E-state index is 12.3. The molecule has 1 aromatic rings. The number of carbonyl (C=O) groups is 1. The minimum Gasteiger partial charge on any atom is -0.374 e. The predicted octanol–water partition coefficient (Wildman–Crippen LogP) is 1.72. The molecule has 1 amide bonds. The number of hydrogen-bond acceptors (Lipinski definition) is 4. The molecule has 23 heavy (non-hydrogen) atoms. The fraction of sp³-hybridized carbons (Fsp3) is 0.765. The number of rotatable bonds is 5. The molecular formula is C17H30N4O2. The SMILES string of the molecule is CC(C)CN1CCOC(CNC(=O)c2cnn(C(C)(C)C)c2)C1. The molecule has 0 aliphatic carbocycles. The lowest BCUT2D eigenvalue weighted by atomic mass is 10.1. The first-order valence-electron chi connectivity index (χ1n) is 8.43. The maximum atomic E-state index is 12.3. The van der Waals surface area contributed by atoms with Gasteiger partial charge < -0.3 is 10.1 Å². The standard InChI is InChI=1S/C17H30N4O2/c1-13(2)10-20-6-7-23-15(12-20)9-18-16(22)14-8-19-21(11-14)17(3,4)5/h8,11,13,15H,6-7,9-10,12H2,1-5H3,(H,18,22). The molecule has 0 radical (unpaired) electrons. The maximum Gasteiger partial charge on any atom is 0.254 e. The van der Waals surface area contributed by atoms with E-state index in [1.54, 1.807) is 12.4 Å². The molecule has 0 saturated carbocycles. The van der Waals surface area contributed by atoms with Crippen LogP contribution in [0.25, 0.3) is 0 Å². The zero-order valence-electron chi connectivity index (χ0n) is 15.0. The molecule has 2 heterocycles. The lowest BCUT2D eigenvalue weighted by Crippen LogP contribution is -2.48. The molecule has 6 nitrogen and oxygen atoms in total. The normalized spacial score (nSPS) is 20.0. The number of ether oxygens (including phenoxy) is 1. The highest BCUT2D eigenvalue weighted by Crippen LogP contribution is 2.13. The molecule has 2 rings (SSSR count). The summed E-state index contributed by atoms with van der Waals surface area (Å²) >= 11 is 0. The largest absolute Gasteiger partial charge is 0.374 e. The van der Waals surface area contributed by atoms with Gasteiger partial charge >= 0.3 is 0 Å². The summed E-state index contributed by atoms with van der Waals surface area (Å²) in [7, 11) is 0. The Morgan fingerprint density at radius 2 is 2.22 bits per heavy atom. The van der Waals surface area contributed by atoms with Gasteiger partial charge in [0.2, 0.25) is 0 Å². The first-order valence-corrected chi connectivity index (χ1v) is 8.43. The number of nitrogens with one attached hydrogen (secondary N) is 1. The fourth-order valence-electron chi connectivity index (χ4n) is 2.70. The van der Waals surface area contributed by atoms with Gasteiger partial charge in [-0.15, -0.1) is 0 Å². The van der Waals surface area contributed by atoms with Crippen LogP contribution < -0.4 is 5.32 Å². The van der Waals surface area contributed by atoms with Crippen LogP contribution in [0, 0.1) is 5.92 Å². The highest BCUT2D eigenvalue weighted by atomic mass is 16.5. The van der Waals surface area contributed by atoms with Gasteiger partial charge in [-0.3, -0.25) is 14.4 Å². The Morgan fingerprint density at radius 1 is 1.48 bits per heavy atom. The molecule has 1 atom stereocenters. The van der Waals surface area contributed by atoms with Crippen molar-refractivity contribution in [1.29, 1.82) is 0 Å². The number of carbonyl (C=O) groups excluding carboxylic acids is 1. The fourth-order valence-corrected chi connectivity index (χ4v) is 2.70. The zero-order chi connectivity index (χ0) is 17.0. The van der Waals surface area contributed by atoms with Crippen LogP contribution in [-0.4, -0.2) is 59.5 Å². The second-order valence-electron chi connectivity index (χ2n) is 7.70. The van der Waals surface area contributed by atoms with Crippen LogP contribution in [0.5, 0.6) is 0 Å². The summed E-state index contributed by atoms with van der Waals surface area (Å²) in [5, 5.41) is 7.23. The first kappa shape index (κ1) is 17.9. The Morgan fingerprint density at radius 3 is 2.83 bits per heavy atom. The molecule has 1 fully saturated rings. The Hall–Kier alpha value is -1.40. The number of hydrogen-bond donors (Lipinski definition) is 1. The summed E-state index contributed by atoms with van der Waals surface area (Å²) in [5.41, 5.74) is 0.470. The summed E-state index contributed by atoms with van der Waals surface area (Å²) in [6, 6.07) is 0. The van der Waals surface area contributed by atoms with E-state index in [4.69, 9.17) is 4.74 Å². The van der Waals surface area contributed by atoms with Crippen molar-refractivity contribution in [1.82, 2.24) is 20.0 Å². The highest BCUT2D eigenvalue weighted by molar-refractivity contribution is 5.93. The third kappa shape index (κ3) is 5.32. The van der Waals surface area contributed by atoms with Crippen LogP contribution in [0.15, 0.2) is 12.4 Å². The molecule has 0 aromatic carbocycles. The van der Waals surface area contributed by atoms with Crippen LogP contribution in [-0.2, 0) is 10.3 Å². The van der Waals surface area contributed by atoms with E-state index < -0.39 is 0 Å². The van der Waals surface area contributed by atoms with Crippen molar-refractivity contribution in [2.75, 3.05) is 32.8 Å². The van der Waals surface area contributed by atoms with E-state index in [2.05, 4.69) is 49.9 Å². The van der Waals surface area contributed by atoms with Crippen molar-refractivity contribution >= 4 is 5.91 Å². The molecule has 0 spiro atoms. The molecule has 6 heteroatoms. The highest BCUT2D eigenvalue weighted by Gasteiger charge is 2.22. The van der Waals surface area contributed by atoms with Gasteiger partial charge in [-0.25, -0.2) is 0 Å². The minimum absolute atomic E-state index is 0.0594. The second-order valence-corrected chi connectivity index (χ2v) is 7.70.